The molecule has 1 N–H and O–H groups in total. The van der Waals surface area contributed by atoms with Crippen LogP contribution in [-0.2, 0) is 6.18 Å². The van der Waals surface area contributed by atoms with E-state index in [-0.39, 0.29) is 11.9 Å². The van der Waals surface area contributed by atoms with Gasteiger partial charge >= 0.3 is 6.18 Å². The molecule has 0 bridgehead atoms. The molecular weight excluding hydrogens is 221 g/mol. The summed E-state index contributed by atoms with van der Waals surface area (Å²) in [5.41, 5.74) is -0.652. The van der Waals surface area contributed by atoms with Gasteiger partial charge in [-0.25, -0.2) is 4.98 Å². The van der Waals surface area contributed by atoms with E-state index in [1.807, 2.05) is 0 Å². The van der Waals surface area contributed by atoms with Crippen LogP contribution in [0.2, 0.25) is 0 Å². The summed E-state index contributed by atoms with van der Waals surface area (Å²) < 4.78 is 43.3. The first-order valence-corrected chi connectivity index (χ1v) is 4.93. The molecular formula is C10H11F3N2O. The Labute approximate surface area is 90.6 Å². The third kappa shape index (κ3) is 2.20. The molecule has 1 fully saturated rings. The Morgan fingerprint density at radius 2 is 2.12 bits per heavy atom. The number of ether oxygens (including phenoxy) is 1. The normalized spacial score (nSPS) is 16.0. The third-order valence-electron chi connectivity index (χ3n) is 2.25. The lowest BCUT2D eigenvalue weighted by molar-refractivity contribution is -0.142. The number of nitrogens with one attached hydrogen (secondary N) is 1. The fourth-order valence-electron chi connectivity index (χ4n) is 1.32. The highest BCUT2D eigenvalue weighted by molar-refractivity contribution is 5.58. The van der Waals surface area contributed by atoms with E-state index in [2.05, 4.69) is 10.3 Å². The van der Waals surface area contributed by atoms with Crippen molar-refractivity contribution in [3.8, 4) is 5.75 Å². The summed E-state index contributed by atoms with van der Waals surface area (Å²) in [5, 5.41) is 2.68. The van der Waals surface area contributed by atoms with Gasteiger partial charge in [0, 0.05) is 13.2 Å². The summed E-state index contributed by atoms with van der Waals surface area (Å²) in [7, 11) is 1.55. The second-order valence-electron chi connectivity index (χ2n) is 3.60. The molecule has 0 unspecified atom stereocenters. The van der Waals surface area contributed by atoms with Crippen LogP contribution in [0.5, 0.6) is 5.75 Å². The molecule has 0 atom stereocenters. The molecule has 1 heterocycles. The largest absolute Gasteiger partial charge is 0.486 e. The average Bonchev–Trinajstić information content (AvgIpc) is 3.00. The maximum absolute atomic E-state index is 12.7. The van der Waals surface area contributed by atoms with Crippen LogP contribution in [0.25, 0.3) is 0 Å². The van der Waals surface area contributed by atoms with Crippen LogP contribution in [0, 0.1) is 0 Å². The highest BCUT2D eigenvalue weighted by Crippen LogP contribution is 2.41. The Hall–Kier alpha value is -1.46. The molecule has 0 aromatic carbocycles. The molecule has 0 amide bonds. The minimum absolute atomic E-state index is 0.0996. The van der Waals surface area contributed by atoms with Crippen LogP contribution >= 0.6 is 0 Å². The molecule has 3 nitrogen and oxygen atoms in total. The summed E-state index contributed by atoms with van der Waals surface area (Å²) in [6, 6.07) is 1.47. The Balaban J connectivity index is 2.41. The molecule has 6 heteroatoms. The van der Waals surface area contributed by atoms with E-state index in [0.29, 0.717) is 5.69 Å². The topological polar surface area (TPSA) is 34.2 Å². The summed E-state index contributed by atoms with van der Waals surface area (Å²) >= 11 is 0. The van der Waals surface area contributed by atoms with E-state index in [0.717, 1.165) is 19.0 Å². The zero-order valence-electron chi connectivity index (χ0n) is 8.64. The zero-order chi connectivity index (χ0) is 11.8. The van der Waals surface area contributed by atoms with E-state index < -0.39 is 11.9 Å². The molecule has 1 aromatic heterocycles. The van der Waals surface area contributed by atoms with Gasteiger partial charge in [-0.2, -0.15) is 13.2 Å². The number of aromatic nitrogens is 1. The maximum Gasteiger partial charge on any atom is 0.437 e. The van der Waals surface area contributed by atoms with E-state index >= 15 is 0 Å². The molecule has 0 spiro atoms. The van der Waals surface area contributed by atoms with Crippen LogP contribution in [0.4, 0.5) is 18.9 Å². The van der Waals surface area contributed by atoms with Crippen LogP contribution in [-0.4, -0.2) is 18.1 Å². The molecule has 2 rings (SSSR count). The van der Waals surface area contributed by atoms with Gasteiger partial charge in [0.1, 0.15) is 0 Å². The van der Waals surface area contributed by atoms with Crippen LogP contribution in [0.3, 0.4) is 0 Å². The van der Waals surface area contributed by atoms with Crippen molar-refractivity contribution in [3.63, 3.8) is 0 Å². The Morgan fingerprint density at radius 3 is 2.62 bits per heavy atom. The number of anilines is 1. The molecule has 1 aliphatic rings. The Morgan fingerprint density at radius 1 is 1.44 bits per heavy atom. The summed E-state index contributed by atoms with van der Waals surface area (Å²) in [4.78, 5) is 3.35. The van der Waals surface area contributed by atoms with Gasteiger partial charge in [0.15, 0.2) is 11.4 Å². The molecule has 0 aliphatic heterocycles. The summed E-state index contributed by atoms with van der Waals surface area (Å²) in [6.07, 6.45) is -1.87. The number of hydrogen-bond donors (Lipinski definition) is 1. The van der Waals surface area contributed by atoms with Crippen molar-refractivity contribution in [1.82, 2.24) is 4.98 Å². The second-order valence-corrected chi connectivity index (χ2v) is 3.60. The third-order valence-corrected chi connectivity index (χ3v) is 2.25. The number of hydrogen-bond acceptors (Lipinski definition) is 3. The van der Waals surface area contributed by atoms with Crippen LogP contribution in [0.15, 0.2) is 12.3 Å². The van der Waals surface area contributed by atoms with Crippen LogP contribution < -0.4 is 10.1 Å². The van der Waals surface area contributed by atoms with Crippen molar-refractivity contribution in [2.75, 3.05) is 12.4 Å². The highest BCUT2D eigenvalue weighted by atomic mass is 19.4. The highest BCUT2D eigenvalue weighted by Gasteiger charge is 2.39. The number of halogens is 3. The van der Waals surface area contributed by atoms with Gasteiger partial charge in [-0.15, -0.1) is 0 Å². The molecule has 0 saturated heterocycles. The Kier molecular flexibility index (Phi) is 2.65. The van der Waals surface area contributed by atoms with E-state index in [4.69, 9.17) is 4.74 Å². The number of rotatable bonds is 3. The molecule has 1 aromatic rings. The number of pyridine rings is 1. The number of alkyl halides is 3. The average molecular weight is 232 g/mol. The van der Waals surface area contributed by atoms with E-state index in [9.17, 15) is 13.2 Å². The van der Waals surface area contributed by atoms with Gasteiger partial charge in [-0.1, -0.05) is 0 Å². The van der Waals surface area contributed by atoms with Gasteiger partial charge in [-0.05, 0) is 18.9 Å². The molecule has 16 heavy (non-hydrogen) atoms. The minimum Gasteiger partial charge on any atom is -0.486 e. The van der Waals surface area contributed by atoms with Crippen molar-refractivity contribution in [2.24, 2.45) is 0 Å². The van der Waals surface area contributed by atoms with Gasteiger partial charge < -0.3 is 10.1 Å². The standard InChI is InChI=1S/C10H11F3N2O/c1-14-7-4-5-15-9(10(11,12)13)8(7)16-6-2-3-6/h4-6H,2-3H2,1H3,(H,14,15). The molecule has 1 saturated carbocycles. The fraction of sp³-hybridized carbons (Fsp3) is 0.500. The predicted molar refractivity (Wildman–Crippen MR) is 52.4 cm³/mol. The van der Waals surface area contributed by atoms with Crippen LogP contribution in [0.1, 0.15) is 18.5 Å². The monoisotopic (exact) mass is 232 g/mol. The van der Waals surface area contributed by atoms with Crippen molar-refractivity contribution < 1.29 is 17.9 Å². The van der Waals surface area contributed by atoms with Crippen molar-refractivity contribution in [2.45, 2.75) is 25.1 Å². The first-order valence-electron chi connectivity index (χ1n) is 4.93. The second kappa shape index (κ2) is 3.84. The molecule has 0 radical (unpaired) electrons. The Bertz CT molecular complexity index is 388. The molecule has 88 valence electrons. The quantitative estimate of drug-likeness (QED) is 0.869. The first-order chi connectivity index (χ1) is 7.52. The van der Waals surface area contributed by atoms with E-state index in [1.54, 1.807) is 7.05 Å². The predicted octanol–water partition coefficient (Wildman–Crippen LogP) is 2.68. The fourth-order valence-corrected chi connectivity index (χ4v) is 1.32. The van der Waals surface area contributed by atoms with Crippen molar-refractivity contribution >= 4 is 5.69 Å². The zero-order valence-corrected chi connectivity index (χ0v) is 8.64. The van der Waals surface area contributed by atoms with E-state index in [1.165, 1.54) is 6.07 Å². The SMILES string of the molecule is CNc1ccnc(C(F)(F)F)c1OC1CC1. The van der Waals surface area contributed by atoms with Gasteiger partial charge in [0.2, 0.25) is 0 Å². The molecule has 1 aliphatic carbocycles. The minimum atomic E-state index is -4.49. The maximum atomic E-state index is 12.7. The lowest BCUT2D eigenvalue weighted by atomic mass is 10.2. The lowest BCUT2D eigenvalue weighted by Crippen LogP contribution is -2.13. The summed E-state index contributed by atoms with van der Waals surface area (Å²) in [5.74, 6) is -0.194. The van der Waals surface area contributed by atoms with Gasteiger partial charge in [0.25, 0.3) is 0 Å². The lowest BCUT2D eigenvalue weighted by Gasteiger charge is -2.15. The smallest absolute Gasteiger partial charge is 0.437 e. The first kappa shape index (κ1) is 11.0. The van der Waals surface area contributed by atoms with Gasteiger partial charge in [0.05, 0.1) is 11.8 Å². The summed E-state index contributed by atoms with van der Waals surface area (Å²) in [6.45, 7) is 0. The van der Waals surface area contributed by atoms with Crippen molar-refractivity contribution in [1.29, 1.82) is 0 Å². The number of nitrogens with zero attached hydrogens (tertiary/aromatic N) is 1. The van der Waals surface area contributed by atoms with Gasteiger partial charge in [-0.3, -0.25) is 0 Å². The van der Waals surface area contributed by atoms with Crippen molar-refractivity contribution in [3.05, 3.63) is 18.0 Å².